The highest BCUT2D eigenvalue weighted by Crippen LogP contribution is 2.25. The van der Waals surface area contributed by atoms with Gasteiger partial charge in [0.25, 0.3) is 0 Å². The molecule has 0 unspecified atom stereocenters. The fourth-order valence-electron chi connectivity index (χ4n) is 2.13. The van der Waals surface area contributed by atoms with Crippen molar-refractivity contribution in [2.24, 2.45) is 0 Å². The molecule has 0 aliphatic carbocycles. The molecule has 0 bridgehead atoms. The van der Waals surface area contributed by atoms with Gasteiger partial charge in [0, 0.05) is 0 Å². The topological polar surface area (TPSA) is 66.8 Å². The third-order valence-corrected chi connectivity index (χ3v) is 3.56. The van der Waals surface area contributed by atoms with Crippen LogP contribution in [-0.2, 0) is 11.2 Å². The molecule has 0 saturated heterocycles. The van der Waals surface area contributed by atoms with Crippen LogP contribution in [0.15, 0.2) is 48.5 Å². The lowest BCUT2D eigenvalue weighted by atomic mass is 9.96. The van der Waals surface area contributed by atoms with Gasteiger partial charge in [-0.05, 0) is 63.1 Å². The fraction of sp³-hybridized carbons (Fsp3) is 0.316. The largest absolute Gasteiger partial charge is 0.423 e. The minimum absolute atomic E-state index is 0.360. The lowest BCUT2D eigenvalue weighted by Gasteiger charge is -2.19. The van der Waals surface area contributed by atoms with Crippen molar-refractivity contribution in [1.29, 1.82) is 0 Å². The summed E-state index contributed by atoms with van der Waals surface area (Å²) in [6, 6.07) is 13.5. The summed E-state index contributed by atoms with van der Waals surface area (Å²) >= 11 is 0. The Morgan fingerprint density at radius 1 is 0.870 bits per heavy atom. The van der Waals surface area contributed by atoms with Crippen LogP contribution in [0.2, 0.25) is 0 Å². The van der Waals surface area contributed by atoms with Gasteiger partial charge in [-0.1, -0.05) is 24.3 Å². The summed E-state index contributed by atoms with van der Waals surface area (Å²) in [4.78, 5) is 12.3. The molecule has 2 N–H and O–H groups in total. The fourth-order valence-corrected chi connectivity index (χ4v) is 2.13. The third-order valence-electron chi connectivity index (χ3n) is 3.56. The molecular formula is C19H22O4. The molecule has 0 aliphatic rings. The van der Waals surface area contributed by atoms with Crippen LogP contribution in [0.5, 0.6) is 5.75 Å². The molecule has 0 spiro atoms. The van der Waals surface area contributed by atoms with Crippen molar-refractivity contribution >= 4 is 5.97 Å². The lowest BCUT2D eigenvalue weighted by Crippen LogP contribution is -2.17. The Hall–Kier alpha value is -2.17. The summed E-state index contributed by atoms with van der Waals surface area (Å²) in [6.45, 7) is 6.65. The van der Waals surface area contributed by atoms with Crippen molar-refractivity contribution in [3.05, 3.63) is 65.2 Å². The molecule has 0 saturated carbocycles. The molecule has 2 rings (SSSR count). The second-order valence-corrected chi connectivity index (χ2v) is 6.62. The second-order valence-electron chi connectivity index (χ2n) is 6.62. The van der Waals surface area contributed by atoms with Crippen LogP contribution in [0.25, 0.3) is 0 Å². The van der Waals surface area contributed by atoms with Crippen LogP contribution in [0.1, 0.15) is 49.2 Å². The van der Waals surface area contributed by atoms with Crippen molar-refractivity contribution in [3.63, 3.8) is 0 Å². The quantitative estimate of drug-likeness (QED) is 0.671. The summed E-state index contributed by atoms with van der Waals surface area (Å²) < 4.78 is 5.37. The van der Waals surface area contributed by atoms with Crippen LogP contribution in [0.4, 0.5) is 0 Å². The molecule has 2 aromatic carbocycles. The maximum atomic E-state index is 12.3. The van der Waals surface area contributed by atoms with Crippen LogP contribution in [0.3, 0.4) is 0 Å². The van der Waals surface area contributed by atoms with Gasteiger partial charge in [0.15, 0.2) is 0 Å². The van der Waals surface area contributed by atoms with Crippen LogP contribution in [-0.4, -0.2) is 16.2 Å². The van der Waals surface area contributed by atoms with E-state index in [0.29, 0.717) is 22.4 Å². The van der Waals surface area contributed by atoms with Gasteiger partial charge < -0.3 is 14.9 Å². The summed E-state index contributed by atoms with van der Waals surface area (Å²) in [7, 11) is 0. The molecule has 122 valence electrons. The maximum Gasteiger partial charge on any atom is 0.343 e. The summed E-state index contributed by atoms with van der Waals surface area (Å²) in [5.74, 6) is -0.146. The molecule has 0 heterocycles. The average Bonchev–Trinajstić information content (AvgIpc) is 2.46. The first kappa shape index (κ1) is 17.2. The zero-order valence-electron chi connectivity index (χ0n) is 13.8. The molecule has 0 aliphatic heterocycles. The van der Waals surface area contributed by atoms with E-state index in [1.54, 1.807) is 76.2 Å². The van der Waals surface area contributed by atoms with Crippen molar-refractivity contribution < 1.29 is 19.7 Å². The first-order valence-corrected chi connectivity index (χ1v) is 7.45. The highest BCUT2D eigenvalue weighted by molar-refractivity contribution is 5.91. The molecule has 23 heavy (non-hydrogen) atoms. The Kier molecular flexibility index (Phi) is 4.59. The standard InChI is InChI=1S/C19H22O4/c1-18(2,21)14-8-5-7-13(11-14)17(20)23-16-10-6-9-15(12-16)19(3,4)22/h5-12,21-22H,1-4H3. The van der Waals surface area contributed by atoms with Crippen LogP contribution < -0.4 is 4.74 Å². The van der Waals surface area contributed by atoms with E-state index in [1.165, 1.54) is 0 Å². The van der Waals surface area contributed by atoms with E-state index in [2.05, 4.69) is 0 Å². The molecule has 4 heteroatoms. The van der Waals surface area contributed by atoms with E-state index in [9.17, 15) is 15.0 Å². The minimum atomic E-state index is -1.03. The van der Waals surface area contributed by atoms with Gasteiger partial charge in [-0.25, -0.2) is 4.79 Å². The van der Waals surface area contributed by atoms with Crippen molar-refractivity contribution in [2.45, 2.75) is 38.9 Å². The SMILES string of the molecule is CC(C)(O)c1cccc(OC(=O)c2cccc(C(C)(C)O)c2)c1. The van der Waals surface area contributed by atoms with Gasteiger partial charge in [-0.15, -0.1) is 0 Å². The number of rotatable bonds is 4. The Morgan fingerprint density at radius 2 is 1.39 bits per heavy atom. The van der Waals surface area contributed by atoms with E-state index in [-0.39, 0.29) is 0 Å². The van der Waals surface area contributed by atoms with Gasteiger partial charge in [-0.3, -0.25) is 0 Å². The molecular weight excluding hydrogens is 292 g/mol. The molecule has 0 aromatic heterocycles. The third kappa shape index (κ3) is 4.41. The molecule has 0 atom stereocenters. The van der Waals surface area contributed by atoms with E-state index in [4.69, 9.17) is 4.74 Å². The average molecular weight is 314 g/mol. The molecule has 0 amide bonds. The number of ether oxygens (including phenoxy) is 1. The Bertz CT molecular complexity index is 706. The molecule has 2 aromatic rings. The number of carbonyl (C=O) groups excluding carboxylic acids is 1. The van der Waals surface area contributed by atoms with E-state index >= 15 is 0 Å². The minimum Gasteiger partial charge on any atom is -0.423 e. The van der Waals surface area contributed by atoms with Gasteiger partial charge in [0.1, 0.15) is 5.75 Å². The predicted molar refractivity (Wildman–Crippen MR) is 88.3 cm³/mol. The predicted octanol–water partition coefficient (Wildman–Crippen LogP) is 3.36. The second kappa shape index (κ2) is 6.14. The summed E-state index contributed by atoms with van der Waals surface area (Å²) in [5.41, 5.74) is -0.385. The monoisotopic (exact) mass is 314 g/mol. The first-order valence-electron chi connectivity index (χ1n) is 7.45. The van der Waals surface area contributed by atoms with Crippen molar-refractivity contribution in [3.8, 4) is 5.75 Å². The van der Waals surface area contributed by atoms with Crippen molar-refractivity contribution in [2.75, 3.05) is 0 Å². The van der Waals surface area contributed by atoms with E-state index in [0.717, 1.165) is 0 Å². The van der Waals surface area contributed by atoms with E-state index in [1.807, 2.05) is 0 Å². The maximum absolute atomic E-state index is 12.3. The number of hydrogen-bond donors (Lipinski definition) is 2. The normalized spacial score (nSPS) is 12.1. The number of hydrogen-bond acceptors (Lipinski definition) is 4. The number of esters is 1. The number of aliphatic hydroxyl groups is 2. The van der Waals surface area contributed by atoms with Crippen molar-refractivity contribution in [1.82, 2.24) is 0 Å². The molecule has 0 fully saturated rings. The van der Waals surface area contributed by atoms with Crippen LogP contribution >= 0.6 is 0 Å². The van der Waals surface area contributed by atoms with Crippen LogP contribution in [0, 0.1) is 0 Å². The smallest absolute Gasteiger partial charge is 0.343 e. The number of benzene rings is 2. The highest BCUT2D eigenvalue weighted by Gasteiger charge is 2.19. The lowest BCUT2D eigenvalue weighted by molar-refractivity contribution is 0.0710. The molecule has 0 radical (unpaired) electrons. The van der Waals surface area contributed by atoms with Gasteiger partial charge in [-0.2, -0.15) is 0 Å². The van der Waals surface area contributed by atoms with Gasteiger partial charge >= 0.3 is 5.97 Å². The highest BCUT2D eigenvalue weighted by atomic mass is 16.5. The Labute approximate surface area is 136 Å². The summed E-state index contributed by atoms with van der Waals surface area (Å²) in [5, 5.41) is 20.1. The first-order chi connectivity index (χ1) is 10.6. The van der Waals surface area contributed by atoms with E-state index < -0.39 is 17.2 Å². The zero-order chi connectivity index (χ0) is 17.3. The molecule has 4 nitrogen and oxygen atoms in total. The summed E-state index contributed by atoms with van der Waals surface area (Å²) in [6.07, 6.45) is 0. The number of carbonyl (C=O) groups is 1. The van der Waals surface area contributed by atoms with Gasteiger partial charge in [0.05, 0.1) is 16.8 Å². The van der Waals surface area contributed by atoms with Gasteiger partial charge in [0.2, 0.25) is 0 Å². The Morgan fingerprint density at radius 3 is 1.96 bits per heavy atom. The zero-order valence-corrected chi connectivity index (χ0v) is 13.8. The Balaban J connectivity index is 2.23.